The van der Waals surface area contributed by atoms with Gasteiger partial charge in [0.25, 0.3) is 0 Å². The standard InChI is InChI=1S/C17H36N2/c1-5-13-18-17(16-11-9-8-10-12-16)14-19(7-3)15(4)6-2/h15-18H,5-14H2,1-4H3. The Morgan fingerprint density at radius 2 is 1.79 bits per heavy atom. The molecule has 0 aromatic rings. The number of hydrogen-bond acceptors (Lipinski definition) is 2. The minimum absolute atomic E-state index is 0.717. The van der Waals surface area contributed by atoms with Crippen LogP contribution in [0.4, 0.5) is 0 Å². The molecule has 0 aromatic carbocycles. The molecule has 0 saturated heterocycles. The molecule has 0 aromatic heterocycles. The SMILES string of the molecule is CCCNC(CN(CC)C(C)CC)C1CCCCC1. The Kier molecular flexibility index (Phi) is 8.72. The first-order valence-electron chi connectivity index (χ1n) is 8.70. The average Bonchev–Trinajstić information content (AvgIpc) is 2.47. The summed E-state index contributed by atoms with van der Waals surface area (Å²) in [6.07, 6.45) is 9.76. The Morgan fingerprint density at radius 3 is 2.32 bits per heavy atom. The Bertz CT molecular complexity index is 211. The molecular weight excluding hydrogens is 232 g/mol. The highest BCUT2D eigenvalue weighted by molar-refractivity contribution is 4.83. The van der Waals surface area contributed by atoms with Gasteiger partial charge in [-0.15, -0.1) is 0 Å². The molecule has 2 atom stereocenters. The van der Waals surface area contributed by atoms with Gasteiger partial charge in [-0.1, -0.05) is 40.0 Å². The van der Waals surface area contributed by atoms with E-state index >= 15 is 0 Å². The predicted octanol–water partition coefficient (Wildman–Crippen LogP) is 4.06. The summed E-state index contributed by atoms with van der Waals surface area (Å²) in [5.74, 6) is 0.915. The van der Waals surface area contributed by atoms with Crippen LogP contribution >= 0.6 is 0 Å². The van der Waals surface area contributed by atoms with Crippen LogP contribution in [0.3, 0.4) is 0 Å². The quantitative estimate of drug-likeness (QED) is 0.678. The number of likely N-dealkylation sites (N-methyl/N-ethyl adjacent to an activating group) is 1. The predicted molar refractivity (Wildman–Crippen MR) is 85.7 cm³/mol. The molecule has 0 aliphatic heterocycles. The normalized spacial score (nSPS) is 20.7. The van der Waals surface area contributed by atoms with E-state index in [4.69, 9.17) is 0 Å². The molecule has 0 spiro atoms. The van der Waals surface area contributed by atoms with Crippen molar-refractivity contribution < 1.29 is 0 Å². The minimum Gasteiger partial charge on any atom is -0.312 e. The first-order chi connectivity index (χ1) is 9.22. The van der Waals surface area contributed by atoms with Gasteiger partial charge < -0.3 is 5.32 Å². The molecular formula is C17H36N2. The molecule has 0 radical (unpaired) electrons. The summed E-state index contributed by atoms with van der Waals surface area (Å²) in [4.78, 5) is 2.67. The molecule has 2 nitrogen and oxygen atoms in total. The summed E-state index contributed by atoms with van der Waals surface area (Å²) >= 11 is 0. The summed E-state index contributed by atoms with van der Waals surface area (Å²) in [6.45, 7) is 12.9. The Morgan fingerprint density at radius 1 is 1.11 bits per heavy atom. The van der Waals surface area contributed by atoms with Gasteiger partial charge in [-0.25, -0.2) is 0 Å². The van der Waals surface area contributed by atoms with Gasteiger partial charge in [0.1, 0.15) is 0 Å². The van der Waals surface area contributed by atoms with E-state index in [0.29, 0.717) is 6.04 Å². The van der Waals surface area contributed by atoms with Gasteiger partial charge in [-0.3, -0.25) is 4.90 Å². The van der Waals surface area contributed by atoms with E-state index in [1.54, 1.807) is 0 Å². The smallest absolute Gasteiger partial charge is 0.0223 e. The highest BCUT2D eigenvalue weighted by Gasteiger charge is 2.25. The summed E-state index contributed by atoms with van der Waals surface area (Å²) in [6, 6.07) is 1.44. The van der Waals surface area contributed by atoms with Gasteiger partial charge in [0, 0.05) is 18.6 Å². The van der Waals surface area contributed by atoms with Crippen molar-refractivity contribution in [2.24, 2.45) is 5.92 Å². The van der Waals surface area contributed by atoms with E-state index in [0.717, 1.165) is 12.0 Å². The van der Waals surface area contributed by atoms with Crippen molar-refractivity contribution in [2.45, 2.75) is 84.7 Å². The molecule has 19 heavy (non-hydrogen) atoms. The van der Waals surface area contributed by atoms with Crippen molar-refractivity contribution in [1.29, 1.82) is 0 Å². The molecule has 2 heteroatoms. The van der Waals surface area contributed by atoms with Gasteiger partial charge in [0.05, 0.1) is 0 Å². The van der Waals surface area contributed by atoms with Crippen LogP contribution in [0.1, 0.15) is 72.6 Å². The van der Waals surface area contributed by atoms with E-state index < -0.39 is 0 Å². The van der Waals surface area contributed by atoms with Gasteiger partial charge >= 0.3 is 0 Å². The molecule has 1 aliphatic carbocycles. The highest BCUT2D eigenvalue weighted by Crippen LogP contribution is 2.27. The van der Waals surface area contributed by atoms with Crippen LogP contribution < -0.4 is 5.32 Å². The third-order valence-electron chi connectivity index (χ3n) is 4.93. The summed E-state index contributed by atoms with van der Waals surface area (Å²) in [7, 11) is 0. The van der Waals surface area contributed by atoms with Crippen molar-refractivity contribution in [3.8, 4) is 0 Å². The van der Waals surface area contributed by atoms with Crippen LogP contribution in [0.25, 0.3) is 0 Å². The maximum atomic E-state index is 3.84. The molecule has 1 N–H and O–H groups in total. The van der Waals surface area contributed by atoms with Crippen LogP contribution in [0.5, 0.6) is 0 Å². The second-order valence-electron chi connectivity index (χ2n) is 6.30. The molecule has 1 aliphatic rings. The van der Waals surface area contributed by atoms with E-state index in [1.807, 2.05) is 0 Å². The third-order valence-corrected chi connectivity index (χ3v) is 4.93. The maximum Gasteiger partial charge on any atom is 0.0223 e. The van der Waals surface area contributed by atoms with Crippen molar-refractivity contribution in [3.05, 3.63) is 0 Å². The maximum absolute atomic E-state index is 3.84. The Labute approximate surface area is 121 Å². The van der Waals surface area contributed by atoms with Crippen molar-refractivity contribution in [3.63, 3.8) is 0 Å². The number of nitrogens with one attached hydrogen (secondary N) is 1. The summed E-state index contributed by atoms with van der Waals surface area (Å²) in [5, 5.41) is 3.84. The van der Waals surface area contributed by atoms with Crippen LogP contribution in [0.15, 0.2) is 0 Å². The van der Waals surface area contributed by atoms with Crippen LogP contribution in [-0.2, 0) is 0 Å². The zero-order chi connectivity index (χ0) is 14.1. The lowest BCUT2D eigenvalue weighted by atomic mass is 9.83. The van der Waals surface area contributed by atoms with E-state index in [2.05, 4.69) is 37.9 Å². The van der Waals surface area contributed by atoms with Crippen LogP contribution in [0.2, 0.25) is 0 Å². The monoisotopic (exact) mass is 268 g/mol. The van der Waals surface area contributed by atoms with E-state index in [-0.39, 0.29) is 0 Å². The second kappa shape index (κ2) is 9.77. The fraction of sp³-hybridized carbons (Fsp3) is 1.00. The molecule has 0 bridgehead atoms. The molecule has 114 valence electrons. The summed E-state index contributed by atoms with van der Waals surface area (Å²) in [5.41, 5.74) is 0. The lowest BCUT2D eigenvalue weighted by Crippen LogP contribution is -2.48. The fourth-order valence-electron chi connectivity index (χ4n) is 3.38. The van der Waals surface area contributed by atoms with E-state index in [1.165, 1.54) is 64.6 Å². The van der Waals surface area contributed by atoms with Crippen molar-refractivity contribution in [1.82, 2.24) is 10.2 Å². The van der Waals surface area contributed by atoms with Gasteiger partial charge in [-0.2, -0.15) is 0 Å². The molecule has 0 amide bonds. The first-order valence-corrected chi connectivity index (χ1v) is 8.70. The van der Waals surface area contributed by atoms with Crippen LogP contribution in [0, 0.1) is 5.92 Å². The fourth-order valence-corrected chi connectivity index (χ4v) is 3.38. The summed E-state index contributed by atoms with van der Waals surface area (Å²) < 4.78 is 0. The lowest BCUT2D eigenvalue weighted by molar-refractivity contribution is 0.152. The van der Waals surface area contributed by atoms with Gasteiger partial charge in [0.15, 0.2) is 0 Å². The molecule has 1 fully saturated rings. The Hall–Kier alpha value is -0.0800. The number of hydrogen-bond donors (Lipinski definition) is 1. The topological polar surface area (TPSA) is 15.3 Å². The van der Waals surface area contributed by atoms with Gasteiger partial charge in [0.2, 0.25) is 0 Å². The minimum atomic E-state index is 0.717. The molecule has 1 rings (SSSR count). The number of nitrogens with zero attached hydrogens (tertiary/aromatic N) is 1. The Balaban J connectivity index is 2.55. The molecule has 0 heterocycles. The first kappa shape index (κ1) is 17.0. The van der Waals surface area contributed by atoms with E-state index in [9.17, 15) is 0 Å². The number of rotatable bonds is 9. The largest absolute Gasteiger partial charge is 0.312 e. The third kappa shape index (κ3) is 5.83. The lowest BCUT2D eigenvalue weighted by Gasteiger charge is -2.37. The zero-order valence-corrected chi connectivity index (χ0v) is 13.8. The van der Waals surface area contributed by atoms with Crippen molar-refractivity contribution in [2.75, 3.05) is 19.6 Å². The zero-order valence-electron chi connectivity index (χ0n) is 13.8. The van der Waals surface area contributed by atoms with Crippen LogP contribution in [-0.4, -0.2) is 36.6 Å². The second-order valence-corrected chi connectivity index (χ2v) is 6.30. The highest BCUT2D eigenvalue weighted by atomic mass is 15.2. The van der Waals surface area contributed by atoms with Crippen molar-refractivity contribution >= 4 is 0 Å². The molecule has 1 saturated carbocycles. The average molecular weight is 268 g/mol. The molecule has 2 unspecified atom stereocenters. The van der Waals surface area contributed by atoms with Gasteiger partial charge in [-0.05, 0) is 51.6 Å².